The Bertz CT molecular complexity index is 1160. The number of nitrogens with one attached hydrogen (secondary N) is 1. The summed E-state index contributed by atoms with van der Waals surface area (Å²) in [6.45, 7) is 2.38. The fraction of sp³-hybridized carbons (Fsp3) is 0.450. The lowest BCUT2D eigenvalue weighted by molar-refractivity contribution is -0.121. The highest BCUT2D eigenvalue weighted by Gasteiger charge is 2.25. The number of fused-ring (bicyclic) bond motifs is 1. The minimum atomic E-state index is -0.553. The van der Waals surface area contributed by atoms with Crippen LogP contribution in [0.5, 0.6) is 0 Å². The second-order valence-corrected chi connectivity index (χ2v) is 8.21. The molecular weight excluding hydrogens is 406 g/mol. The zero-order valence-corrected chi connectivity index (χ0v) is 17.5. The minimum Gasteiger partial charge on any atom is -0.350 e. The third-order valence-corrected chi connectivity index (χ3v) is 6.04. The molecule has 0 radical (unpaired) electrons. The van der Waals surface area contributed by atoms with Crippen molar-refractivity contribution in [1.82, 2.24) is 24.6 Å². The van der Waals surface area contributed by atoms with Gasteiger partial charge in [-0.2, -0.15) is 4.98 Å². The van der Waals surface area contributed by atoms with Crippen LogP contribution in [-0.4, -0.2) is 25.2 Å². The van der Waals surface area contributed by atoms with Crippen LogP contribution in [-0.2, 0) is 37.3 Å². The Morgan fingerprint density at radius 2 is 2.17 bits per heavy atom. The van der Waals surface area contributed by atoms with Crippen molar-refractivity contribution in [2.45, 2.75) is 58.7 Å². The summed E-state index contributed by atoms with van der Waals surface area (Å²) < 4.78 is 7.78. The molecule has 1 amide bonds. The molecule has 1 aliphatic rings. The van der Waals surface area contributed by atoms with Crippen molar-refractivity contribution in [2.75, 3.05) is 0 Å². The van der Waals surface area contributed by atoms with E-state index in [-0.39, 0.29) is 17.9 Å². The van der Waals surface area contributed by atoms with Crippen LogP contribution in [0.1, 0.15) is 42.6 Å². The highest BCUT2D eigenvalue weighted by atomic mass is 32.1. The summed E-state index contributed by atoms with van der Waals surface area (Å²) in [7, 11) is 0. The van der Waals surface area contributed by atoms with Crippen molar-refractivity contribution in [2.24, 2.45) is 0 Å². The van der Waals surface area contributed by atoms with Gasteiger partial charge in [0.25, 0.3) is 5.56 Å². The number of carbonyl (C=O) groups is 1. The second-order valence-electron chi connectivity index (χ2n) is 7.18. The minimum absolute atomic E-state index is 0.176. The molecule has 9 nitrogen and oxygen atoms in total. The topological polar surface area (TPSA) is 112 Å². The number of hydrogen-bond donors (Lipinski definition) is 1. The molecule has 0 bridgehead atoms. The van der Waals surface area contributed by atoms with Gasteiger partial charge in [0.2, 0.25) is 17.6 Å². The standard InChI is InChI=1S/C20H23N5O4S/c1-2-16-22-18(23-29-16)17-14-8-4-3-5-9-24(14)20(28)25(19(17)27)12-15(26)21-11-13-7-6-10-30-13/h6-7,10H,2-5,8-9,11-12H2,1H3,(H,21,26). The summed E-state index contributed by atoms with van der Waals surface area (Å²) in [6.07, 6.45) is 3.79. The zero-order chi connectivity index (χ0) is 21.1. The van der Waals surface area contributed by atoms with Crippen LogP contribution in [0.4, 0.5) is 0 Å². The quantitative estimate of drug-likeness (QED) is 0.639. The fourth-order valence-corrected chi connectivity index (χ4v) is 4.28. The monoisotopic (exact) mass is 429 g/mol. The molecule has 3 aromatic heterocycles. The van der Waals surface area contributed by atoms with Gasteiger partial charge in [-0.25, -0.2) is 4.79 Å². The maximum atomic E-state index is 13.3. The van der Waals surface area contributed by atoms with Gasteiger partial charge in [-0.3, -0.25) is 18.7 Å². The first-order valence-corrected chi connectivity index (χ1v) is 10.9. The maximum Gasteiger partial charge on any atom is 0.331 e. The number of aromatic nitrogens is 4. The Labute approximate surface area is 176 Å². The molecule has 0 saturated carbocycles. The molecule has 0 spiro atoms. The molecule has 158 valence electrons. The van der Waals surface area contributed by atoms with Crippen LogP contribution in [0.3, 0.4) is 0 Å². The molecule has 3 aromatic rings. The molecule has 1 aliphatic heterocycles. The number of carbonyl (C=O) groups excluding carboxylic acids is 1. The van der Waals surface area contributed by atoms with Gasteiger partial charge in [-0.05, 0) is 30.7 Å². The second kappa shape index (κ2) is 8.78. The summed E-state index contributed by atoms with van der Waals surface area (Å²) in [4.78, 5) is 44.2. The first-order chi connectivity index (χ1) is 14.6. The van der Waals surface area contributed by atoms with Gasteiger partial charge in [0.15, 0.2) is 0 Å². The third-order valence-electron chi connectivity index (χ3n) is 5.17. The summed E-state index contributed by atoms with van der Waals surface area (Å²) in [5, 5.41) is 8.65. The van der Waals surface area contributed by atoms with E-state index in [1.165, 1.54) is 11.3 Å². The van der Waals surface area contributed by atoms with Crippen LogP contribution in [0, 0.1) is 0 Å². The molecule has 0 saturated heterocycles. The third kappa shape index (κ3) is 4.00. The maximum absolute atomic E-state index is 13.3. The van der Waals surface area contributed by atoms with E-state index in [1.807, 2.05) is 24.4 Å². The molecule has 0 unspecified atom stereocenters. The van der Waals surface area contributed by atoms with Crippen LogP contribution in [0.2, 0.25) is 0 Å². The fourth-order valence-electron chi connectivity index (χ4n) is 3.63. The normalized spacial score (nSPS) is 13.6. The van der Waals surface area contributed by atoms with Crippen molar-refractivity contribution >= 4 is 17.2 Å². The van der Waals surface area contributed by atoms with E-state index in [9.17, 15) is 14.4 Å². The predicted octanol–water partition coefficient (Wildman–Crippen LogP) is 1.73. The van der Waals surface area contributed by atoms with Crippen LogP contribution < -0.4 is 16.6 Å². The van der Waals surface area contributed by atoms with Crippen molar-refractivity contribution in [3.63, 3.8) is 0 Å². The summed E-state index contributed by atoms with van der Waals surface area (Å²) >= 11 is 1.53. The Morgan fingerprint density at radius 3 is 2.90 bits per heavy atom. The Morgan fingerprint density at radius 1 is 1.30 bits per heavy atom. The van der Waals surface area contributed by atoms with Crippen LogP contribution in [0.15, 0.2) is 31.6 Å². The molecular formula is C20H23N5O4S. The Kier molecular flexibility index (Phi) is 5.93. The number of thiophene rings is 1. The van der Waals surface area contributed by atoms with Gasteiger partial charge in [-0.1, -0.05) is 24.6 Å². The van der Waals surface area contributed by atoms with Crippen molar-refractivity contribution in [1.29, 1.82) is 0 Å². The summed E-state index contributed by atoms with van der Waals surface area (Å²) in [6, 6.07) is 3.81. The van der Waals surface area contributed by atoms with Crippen molar-refractivity contribution < 1.29 is 9.32 Å². The smallest absolute Gasteiger partial charge is 0.331 e. The van der Waals surface area contributed by atoms with Gasteiger partial charge in [0, 0.05) is 23.5 Å². The van der Waals surface area contributed by atoms with E-state index in [0.717, 1.165) is 28.7 Å². The number of nitrogens with zero attached hydrogens (tertiary/aromatic N) is 4. The average Bonchev–Trinajstić information content (AvgIpc) is 3.37. The highest BCUT2D eigenvalue weighted by molar-refractivity contribution is 7.09. The predicted molar refractivity (Wildman–Crippen MR) is 111 cm³/mol. The van der Waals surface area contributed by atoms with Gasteiger partial charge < -0.3 is 9.84 Å². The molecule has 0 atom stereocenters. The number of amides is 1. The average molecular weight is 430 g/mol. The van der Waals surface area contributed by atoms with Crippen LogP contribution in [0.25, 0.3) is 11.4 Å². The zero-order valence-electron chi connectivity index (χ0n) is 16.7. The lowest BCUT2D eigenvalue weighted by Gasteiger charge is -2.16. The van der Waals surface area contributed by atoms with Gasteiger partial charge in [-0.15, -0.1) is 11.3 Å². The molecule has 0 fully saturated rings. The lowest BCUT2D eigenvalue weighted by Crippen LogP contribution is -2.45. The lowest BCUT2D eigenvalue weighted by atomic mass is 10.1. The van der Waals surface area contributed by atoms with E-state index in [1.54, 1.807) is 4.57 Å². The van der Waals surface area contributed by atoms with Gasteiger partial charge in [0.05, 0.1) is 6.54 Å². The molecule has 4 rings (SSSR count). The first-order valence-electron chi connectivity index (χ1n) is 10.1. The van der Waals surface area contributed by atoms with E-state index in [4.69, 9.17) is 4.52 Å². The summed E-state index contributed by atoms with van der Waals surface area (Å²) in [5.74, 6) is 0.198. The van der Waals surface area contributed by atoms with Crippen molar-refractivity contribution in [3.8, 4) is 11.4 Å². The van der Waals surface area contributed by atoms with Gasteiger partial charge >= 0.3 is 5.69 Å². The molecule has 0 aliphatic carbocycles. The Balaban J connectivity index is 1.73. The highest BCUT2D eigenvalue weighted by Crippen LogP contribution is 2.21. The number of hydrogen-bond acceptors (Lipinski definition) is 7. The SMILES string of the molecule is CCc1nc(-c2c3n(c(=O)n(CC(=O)NCc4cccs4)c2=O)CCCCC3)no1. The van der Waals surface area contributed by atoms with Gasteiger partial charge in [0.1, 0.15) is 12.1 Å². The van der Waals surface area contributed by atoms with E-state index >= 15 is 0 Å². The number of aryl methyl sites for hydroxylation is 1. The van der Waals surface area contributed by atoms with E-state index in [2.05, 4.69) is 15.5 Å². The number of rotatable bonds is 6. The van der Waals surface area contributed by atoms with E-state index < -0.39 is 17.2 Å². The molecule has 10 heteroatoms. The molecule has 0 aromatic carbocycles. The van der Waals surface area contributed by atoms with Crippen LogP contribution >= 0.6 is 11.3 Å². The van der Waals surface area contributed by atoms with Crippen molar-refractivity contribution in [3.05, 3.63) is 54.8 Å². The van der Waals surface area contributed by atoms with E-state index in [0.29, 0.717) is 37.5 Å². The molecule has 4 heterocycles. The molecule has 30 heavy (non-hydrogen) atoms. The largest absolute Gasteiger partial charge is 0.350 e. The summed E-state index contributed by atoms with van der Waals surface area (Å²) in [5.41, 5.74) is -0.138. The first kappa shape index (κ1) is 20.3. The Hall–Kier alpha value is -3.01. The molecule has 1 N–H and O–H groups in total.